The summed E-state index contributed by atoms with van der Waals surface area (Å²) in [4.78, 5) is 25.2. The number of amides is 1. The topological polar surface area (TPSA) is 96.7 Å². The van der Waals surface area contributed by atoms with Gasteiger partial charge in [0.15, 0.2) is 5.11 Å². The van der Waals surface area contributed by atoms with E-state index in [1.807, 2.05) is 0 Å². The van der Waals surface area contributed by atoms with Crippen molar-refractivity contribution in [1.82, 2.24) is 5.32 Å². The molecule has 2 aromatic carbocycles. The van der Waals surface area contributed by atoms with E-state index in [-0.39, 0.29) is 22.1 Å². The maximum absolute atomic E-state index is 13.1. The second-order valence-corrected chi connectivity index (χ2v) is 6.92. The molecule has 0 bridgehead atoms. The Labute approximate surface area is 180 Å². The van der Waals surface area contributed by atoms with Gasteiger partial charge in [-0.25, -0.2) is 0 Å². The van der Waals surface area contributed by atoms with E-state index in [1.165, 1.54) is 30.3 Å². The lowest BCUT2D eigenvalue weighted by molar-refractivity contribution is -0.384. The highest BCUT2D eigenvalue weighted by molar-refractivity contribution is 7.80. The lowest BCUT2D eigenvalue weighted by Gasteiger charge is -2.28. The molecule has 0 radical (unpaired) electrons. The third-order valence-corrected chi connectivity index (χ3v) is 4.70. The Morgan fingerprint density at radius 3 is 2.48 bits per heavy atom. The molecule has 31 heavy (non-hydrogen) atoms. The molecular weight excluding hydrogens is 437 g/mol. The maximum atomic E-state index is 13.1. The number of carbonyl (C=O) groups excluding carboxylic acids is 1. The van der Waals surface area contributed by atoms with Crippen molar-refractivity contribution in [1.29, 1.82) is 0 Å². The molecule has 1 saturated heterocycles. The number of rotatable bonds is 4. The molecule has 2 N–H and O–H groups in total. The van der Waals surface area contributed by atoms with E-state index in [0.717, 1.165) is 12.1 Å². The van der Waals surface area contributed by atoms with Gasteiger partial charge in [0.25, 0.3) is 11.6 Å². The summed E-state index contributed by atoms with van der Waals surface area (Å²) in [6.07, 6.45) is -4.61. The third-order valence-electron chi connectivity index (χ3n) is 4.49. The summed E-state index contributed by atoms with van der Waals surface area (Å²) >= 11 is 4.94. The Bertz CT molecular complexity index is 1010. The van der Waals surface area contributed by atoms with Crippen molar-refractivity contribution in [3.63, 3.8) is 0 Å². The summed E-state index contributed by atoms with van der Waals surface area (Å²) in [6.45, 7) is 1.80. The summed E-state index contributed by atoms with van der Waals surface area (Å²) in [5.41, 5.74) is -1.25. The molecule has 164 valence electrons. The number of nitrogens with zero attached hydrogens (tertiary/aromatic N) is 2. The van der Waals surface area contributed by atoms with Crippen LogP contribution in [0.2, 0.25) is 0 Å². The summed E-state index contributed by atoms with van der Waals surface area (Å²) in [7, 11) is 0. The van der Waals surface area contributed by atoms with Crippen LogP contribution in [0.1, 0.15) is 15.9 Å². The van der Waals surface area contributed by atoms with Crippen LogP contribution in [-0.2, 0) is 10.9 Å². The minimum Gasteiger partial charge on any atom is -0.378 e. The predicted octanol–water partition coefficient (Wildman–Crippen LogP) is 3.58. The van der Waals surface area contributed by atoms with Crippen molar-refractivity contribution in [2.45, 2.75) is 6.18 Å². The first-order valence-corrected chi connectivity index (χ1v) is 9.47. The van der Waals surface area contributed by atoms with Crippen LogP contribution in [0.4, 0.5) is 30.2 Å². The fourth-order valence-electron chi connectivity index (χ4n) is 3.05. The number of benzene rings is 2. The molecule has 12 heteroatoms. The summed E-state index contributed by atoms with van der Waals surface area (Å²) in [5.74, 6) is -0.793. The number of hydrogen-bond donors (Lipinski definition) is 2. The number of anilines is 2. The first kappa shape index (κ1) is 22.4. The molecule has 1 heterocycles. The van der Waals surface area contributed by atoms with Gasteiger partial charge < -0.3 is 15.0 Å². The molecule has 1 aliphatic heterocycles. The van der Waals surface area contributed by atoms with Gasteiger partial charge in [0.1, 0.15) is 5.69 Å². The van der Waals surface area contributed by atoms with Crippen LogP contribution in [0.5, 0.6) is 0 Å². The number of alkyl halides is 3. The van der Waals surface area contributed by atoms with E-state index < -0.39 is 22.6 Å². The number of ether oxygens (including phenoxy) is 1. The Kier molecular flexibility index (Phi) is 6.71. The van der Waals surface area contributed by atoms with Crippen molar-refractivity contribution < 1.29 is 27.6 Å². The molecule has 2 aromatic rings. The first-order valence-electron chi connectivity index (χ1n) is 9.06. The highest BCUT2D eigenvalue weighted by Crippen LogP contribution is 2.34. The highest BCUT2D eigenvalue weighted by atomic mass is 32.1. The van der Waals surface area contributed by atoms with Crippen molar-refractivity contribution in [2.75, 3.05) is 36.5 Å². The summed E-state index contributed by atoms with van der Waals surface area (Å²) < 4.78 is 44.5. The molecule has 0 aromatic heterocycles. The van der Waals surface area contributed by atoms with E-state index in [1.54, 1.807) is 4.90 Å². The van der Waals surface area contributed by atoms with Gasteiger partial charge in [-0.2, -0.15) is 13.2 Å². The molecule has 0 unspecified atom stereocenters. The number of nitro groups is 1. The van der Waals surface area contributed by atoms with E-state index in [0.29, 0.717) is 32.0 Å². The number of morpholine rings is 1. The van der Waals surface area contributed by atoms with Crippen LogP contribution >= 0.6 is 12.2 Å². The van der Waals surface area contributed by atoms with Crippen molar-refractivity contribution in [3.8, 4) is 0 Å². The Hall–Kier alpha value is -3.25. The van der Waals surface area contributed by atoms with Crippen LogP contribution in [0, 0.1) is 10.1 Å². The smallest absolute Gasteiger partial charge is 0.378 e. The Morgan fingerprint density at radius 1 is 1.16 bits per heavy atom. The molecule has 0 atom stereocenters. The average molecular weight is 454 g/mol. The highest BCUT2D eigenvalue weighted by Gasteiger charge is 2.33. The largest absolute Gasteiger partial charge is 0.418 e. The first-order chi connectivity index (χ1) is 14.7. The van der Waals surface area contributed by atoms with Crippen molar-refractivity contribution in [2.24, 2.45) is 0 Å². The zero-order chi connectivity index (χ0) is 22.6. The number of carbonyl (C=O) groups is 1. The summed E-state index contributed by atoms with van der Waals surface area (Å²) in [6, 6.07) is 8.60. The minimum absolute atomic E-state index is 0.0584. The average Bonchev–Trinajstić information content (AvgIpc) is 2.73. The van der Waals surface area contributed by atoms with Gasteiger partial charge in [-0.3, -0.25) is 20.2 Å². The zero-order valence-electron chi connectivity index (χ0n) is 15.9. The maximum Gasteiger partial charge on any atom is 0.418 e. The molecule has 0 saturated carbocycles. The van der Waals surface area contributed by atoms with Gasteiger partial charge >= 0.3 is 6.18 Å². The second-order valence-electron chi connectivity index (χ2n) is 6.51. The molecular formula is C19H17F3N4O4S. The SMILES string of the molecule is O=C(NC(=S)Nc1ccccc1C(F)(F)F)c1ccc(N2CCOCC2)c([N+](=O)[O-])c1. The van der Waals surface area contributed by atoms with Crippen LogP contribution in [0.25, 0.3) is 0 Å². The lowest BCUT2D eigenvalue weighted by atomic mass is 10.1. The number of para-hydroxylation sites is 1. The molecule has 8 nitrogen and oxygen atoms in total. The van der Waals surface area contributed by atoms with Crippen LogP contribution in [-0.4, -0.2) is 42.2 Å². The molecule has 0 spiro atoms. The molecule has 1 aliphatic rings. The van der Waals surface area contributed by atoms with Crippen molar-refractivity contribution >= 4 is 40.3 Å². The Balaban J connectivity index is 1.75. The molecule has 0 aliphatic carbocycles. The number of thiocarbonyl (C=S) groups is 1. The Morgan fingerprint density at radius 2 is 1.84 bits per heavy atom. The van der Waals surface area contributed by atoms with Gasteiger partial charge in [0, 0.05) is 24.7 Å². The summed E-state index contributed by atoms with van der Waals surface area (Å²) in [5, 5.41) is 15.7. The monoisotopic (exact) mass is 454 g/mol. The van der Waals surface area contributed by atoms with E-state index in [4.69, 9.17) is 17.0 Å². The van der Waals surface area contributed by atoms with Crippen LogP contribution < -0.4 is 15.5 Å². The van der Waals surface area contributed by atoms with Crippen molar-refractivity contribution in [3.05, 3.63) is 63.7 Å². The molecule has 3 rings (SSSR count). The predicted molar refractivity (Wildman–Crippen MR) is 111 cm³/mol. The standard InChI is InChI=1S/C19H17F3N4O4S/c20-19(21,22)13-3-1-2-4-14(13)23-18(31)24-17(27)12-5-6-15(16(11-12)26(28)29)25-7-9-30-10-8-25/h1-6,11H,7-10H2,(H2,23,24,27,31). The number of hydrogen-bond acceptors (Lipinski definition) is 6. The van der Waals surface area contributed by atoms with Gasteiger partial charge in [-0.15, -0.1) is 0 Å². The molecule has 1 fully saturated rings. The minimum atomic E-state index is -4.61. The fraction of sp³-hybridized carbons (Fsp3) is 0.263. The lowest BCUT2D eigenvalue weighted by Crippen LogP contribution is -2.37. The second kappa shape index (κ2) is 9.27. The van der Waals surface area contributed by atoms with E-state index in [2.05, 4.69) is 10.6 Å². The van der Waals surface area contributed by atoms with E-state index in [9.17, 15) is 28.1 Å². The number of halogens is 3. The van der Waals surface area contributed by atoms with E-state index >= 15 is 0 Å². The third kappa shape index (κ3) is 5.47. The normalized spacial score (nSPS) is 14.1. The fourth-order valence-corrected chi connectivity index (χ4v) is 3.25. The van der Waals surface area contributed by atoms with Gasteiger partial charge in [0.05, 0.1) is 29.4 Å². The quantitative estimate of drug-likeness (QED) is 0.414. The van der Waals surface area contributed by atoms with Crippen LogP contribution in [0.15, 0.2) is 42.5 Å². The van der Waals surface area contributed by atoms with Gasteiger partial charge in [-0.05, 0) is 36.5 Å². The number of nitrogens with one attached hydrogen (secondary N) is 2. The van der Waals surface area contributed by atoms with Crippen LogP contribution in [0.3, 0.4) is 0 Å². The zero-order valence-corrected chi connectivity index (χ0v) is 16.8. The number of nitro benzene ring substituents is 1. The van der Waals surface area contributed by atoms with Gasteiger partial charge in [0.2, 0.25) is 0 Å². The molecule has 1 amide bonds. The van der Waals surface area contributed by atoms with Gasteiger partial charge in [-0.1, -0.05) is 12.1 Å².